The molecule has 0 saturated carbocycles. The Bertz CT molecular complexity index is 498. The zero-order valence-corrected chi connectivity index (χ0v) is 13.6. The SMILES string of the molecule is CCNCCNC(=O)CCC(=O)c1ccc(OC)c(F)c1.Cl. The number of Topliss-reactive ketones (excluding diaryl/α,β-unsaturated/α-hetero) is 1. The molecule has 0 bridgehead atoms. The molecule has 22 heavy (non-hydrogen) atoms. The second-order valence-electron chi connectivity index (χ2n) is 4.48. The molecule has 1 aromatic rings. The predicted octanol–water partition coefficient (Wildman–Crippen LogP) is 1.94. The maximum absolute atomic E-state index is 13.5. The highest BCUT2D eigenvalue weighted by Crippen LogP contribution is 2.18. The Morgan fingerprint density at radius 3 is 2.55 bits per heavy atom. The summed E-state index contributed by atoms with van der Waals surface area (Å²) in [5.41, 5.74) is 0.244. The van der Waals surface area contributed by atoms with Gasteiger partial charge in [-0.25, -0.2) is 4.39 Å². The van der Waals surface area contributed by atoms with Gasteiger partial charge in [0.15, 0.2) is 17.3 Å². The van der Waals surface area contributed by atoms with Crippen molar-refractivity contribution in [3.8, 4) is 5.75 Å². The molecule has 0 atom stereocenters. The number of hydrogen-bond donors (Lipinski definition) is 2. The van der Waals surface area contributed by atoms with Gasteiger partial charge in [-0.3, -0.25) is 9.59 Å². The van der Waals surface area contributed by atoms with E-state index in [9.17, 15) is 14.0 Å². The maximum atomic E-state index is 13.5. The minimum atomic E-state index is -0.585. The third-order valence-corrected chi connectivity index (χ3v) is 2.93. The maximum Gasteiger partial charge on any atom is 0.220 e. The lowest BCUT2D eigenvalue weighted by Crippen LogP contribution is -2.31. The van der Waals surface area contributed by atoms with Gasteiger partial charge in [0.25, 0.3) is 0 Å². The van der Waals surface area contributed by atoms with Gasteiger partial charge in [-0.2, -0.15) is 0 Å². The lowest BCUT2D eigenvalue weighted by atomic mass is 10.1. The van der Waals surface area contributed by atoms with Gasteiger partial charge >= 0.3 is 0 Å². The number of likely N-dealkylation sites (N-methyl/N-ethyl adjacent to an activating group) is 1. The van der Waals surface area contributed by atoms with Crippen LogP contribution in [0.3, 0.4) is 0 Å². The Morgan fingerprint density at radius 2 is 1.95 bits per heavy atom. The van der Waals surface area contributed by atoms with E-state index in [4.69, 9.17) is 4.74 Å². The molecule has 0 heterocycles. The van der Waals surface area contributed by atoms with Gasteiger partial charge in [0.1, 0.15) is 0 Å². The Morgan fingerprint density at radius 1 is 1.23 bits per heavy atom. The number of nitrogens with one attached hydrogen (secondary N) is 2. The van der Waals surface area contributed by atoms with Crippen molar-refractivity contribution >= 4 is 24.1 Å². The molecule has 0 radical (unpaired) electrons. The number of methoxy groups -OCH3 is 1. The van der Waals surface area contributed by atoms with Crippen LogP contribution in [0.5, 0.6) is 5.75 Å². The molecule has 0 aliphatic heterocycles. The Hall–Kier alpha value is -1.66. The molecule has 1 aromatic carbocycles. The van der Waals surface area contributed by atoms with Crippen molar-refractivity contribution in [1.29, 1.82) is 0 Å². The van der Waals surface area contributed by atoms with Crippen molar-refractivity contribution in [3.05, 3.63) is 29.6 Å². The van der Waals surface area contributed by atoms with E-state index in [0.717, 1.165) is 12.6 Å². The van der Waals surface area contributed by atoms with Gasteiger partial charge in [0.05, 0.1) is 7.11 Å². The normalized spacial score (nSPS) is 9.77. The Balaban J connectivity index is 0.00000441. The average Bonchev–Trinajstić information content (AvgIpc) is 2.49. The van der Waals surface area contributed by atoms with Crippen molar-refractivity contribution in [1.82, 2.24) is 10.6 Å². The number of halogens is 2. The van der Waals surface area contributed by atoms with Crippen LogP contribution in [0.1, 0.15) is 30.1 Å². The summed E-state index contributed by atoms with van der Waals surface area (Å²) in [6, 6.07) is 4.02. The molecular formula is C15H22ClFN2O3. The molecule has 0 saturated heterocycles. The molecule has 0 unspecified atom stereocenters. The summed E-state index contributed by atoms with van der Waals surface area (Å²) in [5.74, 6) is -0.945. The number of ether oxygens (including phenoxy) is 1. The highest BCUT2D eigenvalue weighted by atomic mass is 35.5. The van der Waals surface area contributed by atoms with Crippen LogP contribution in [0.2, 0.25) is 0 Å². The number of amides is 1. The third-order valence-electron chi connectivity index (χ3n) is 2.93. The first-order chi connectivity index (χ1) is 10.1. The van der Waals surface area contributed by atoms with Crippen molar-refractivity contribution in [2.75, 3.05) is 26.7 Å². The zero-order chi connectivity index (χ0) is 15.7. The van der Waals surface area contributed by atoms with Crippen molar-refractivity contribution in [3.63, 3.8) is 0 Å². The van der Waals surface area contributed by atoms with Crippen LogP contribution in [0.15, 0.2) is 18.2 Å². The fourth-order valence-electron chi connectivity index (χ4n) is 1.77. The fraction of sp³-hybridized carbons (Fsp3) is 0.467. The van der Waals surface area contributed by atoms with E-state index in [1.807, 2.05) is 6.92 Å². The van der Waals surface area contributed by atoms with E-state index in [1.54, 1.807) is 0 Å². The van der Waals surface area contributed by atoms with Gasteiger partial charge in [-0.05, 0) is 24.7 Å². The standard InChI is InChI=1S/C15H21FN2O3.ClH/c1-3-17-8-9-18-15(20)7-5-13(19)11-4-6-14(21-2)12(16)10-11;/h4,6,10,17H,3,5,7-9H2,1-2H3,(H,18,20);1H. The summed E-state index contributed by atoms with van der Waals surface area (Å²) in [6.45, 7) is 4.05. The van der Waals surface area contributed by atoms with Gasteiger partial charge in [0.2, 0.25) is 5.91 Å². The number of ketones is 1. The van der Waals surface area contributed by atoms with Crippen LogP contribution in [0.25, 0.3) is 0 Å². The van der Waals surface area contributed by atoms with Crippen molar-refractivity contribution in [2.45, 2.75) is 19.8 Å². The molecule has 7 heteroatoms. The molecule has 0 aromatic heterocycles. The van der Waals surface area contributed by atoms with Gasteiger partial charge < -0.3 is 15.4 Å². The minimum Gasteiger partial charge on any atom is -0.494 e. The van der Waals surface area contributed by atoms with Crippen LogP contribution in [-0.2, 0) is 4.79 Å². The van der Waals surface area contributed by atoms with Gasteiger partial charge in [-0.15, -0.1) is 12.4 Å². The summed E-state index contributed by atoms with van der Waals surface area (Å²) in [5, 5.41) is 5.78. The highest BCUT2D eigenvalue weighted by Gasteiger charge is 2.12. The lowest BCUT2D eigenvalue weighted by Gasteiger charge is -2.06. The zero-order valence-electron chi connectivity index (χ0n) is 12.8. The van der Waals surface area contributed by atoms with Crippen LogP contribution in [-0.4, -0.2) is 38.4 Å². The molecule has 0 spiro atoms. The van der Waals surface area contributed by atoms with E-state index in [-0.39, 0.29) is 48.3 Å². The first-order valence-corrected chi connectivity index (χ1v) is 6.92. The second kappa shape index (κ2) is 11.0. The lowest BCUT2D eigenvalue weighted by molar-refractivity contribution is -0.121. The third kappa shape index (κ3) is 6.87. The van der Waals surface area contributed by atoms with Gasteiger partial charge in [0, 0.05) is 31.5 Å². The first kappa shape index (κ1) is 20.3. The molecule has 0 fully saturated rings. The predicted molar refractivity (Wildman–Crippen MR) is 85.3 cm³/mol. The monoisotopic (exact) mass is 332 g/mol. The molecule has 0 aliphatic rings. The summed E-state index contributed by atoms with van der Waals surface area (Å²) in [7, 11) is 1.36. The van der Waals surface area contributed by atoms with Crippen LogP contribution < -0.4 is 15.4 Å². The average molecular weight is 333 g/mol. The van der Waals surface area contributed by atoms with E-state index < -0.39 is 5.82 Å². The van der Waals surface area contributed by atoms with Crippen molar-refractivity contribution < 1.29 is 18.7 Å². The van der Waals surface area contributed by atoms with E-state index in [0.29, 0.717) is 13.1 Å². The number of carbonyl (C=O) groups is 2. The minimum absolute atomic E-state index is 0. The van der Waals surface area contributed by atoms with Crippen LogP contribution in [0, 0.1) is 5.82 Å². The van der Waals surface area contributed by atoms with Gasteiger partial charge in [-0.1, -0.05) is 6.92 Å². The number of hydrogen-bond acceptors (Lipinski definition) is 4. The van der Waals surface area contributed by atoms with E-state index >= 15 is 0 Å². The smallest absolute Gasteiger partial charge is 0.220 e. The molecule has 1 rings (SSSR count). The largest absolute Gasteiger partial charge is 0.494 e. The summed E-state index contributed by atoms with van der Waals surface area (Å²) < 4.78 is 18.3. The van der Waals surface area contributed by atoms with Crippen LogP contribution in [0.4, 0.5) is 4.39 Å². The van der Waals surface area contributed by atoms with Crippen molar-refractivity contribution in [2.24, 2.45) is 0 Å². The quantitative estimate of drug-likeness (QED) is 0.536. The Labute approximate surface area is 136 Å². The van der Waals surface area contributed by atoms with E-state index in [1.165, 1.54) is 19.2 Å². The highest BCUT2D eigenvalue weighted by molar-refractivity contribution is 5.98. The first-order valence-electron chi connectivity index (χ1n) is 6.92. The summed E-state index contributed by atoms with van der Waals surface area (Å²) in [6.07, 6.45) is 0.150. The number of benzene rings is 1. The summed E-state index contributed by atoms with van der Waals surface area (Å²) in [4.78, 5) is 23.4. The molecule has 2 N–H and O–H groups in total. The molecular weight excluding hydrogens is 311 g/mol. The topological polar surface area (TPSA) is 67.4 Å². The molecule has 1 amide bonds. The summed E-state index contributed by atoms with van der Waals surface area (Å²) >= 11 is 0. The molecule has 0 aliphatic carbocycles. The molecule has 124 valence electrons. The Kier molecular flexibility index (Phi) is 10.2. The molecule has 5 nitrogen and oxygen atoms in total. The van der Waals surface area contributed by atoms with E-state index in [2.05, 4.69) is 10.6 Å². The van der Waals surface area contributed by atoms with Crippen LogP contribution >= 0.6 is 12.4 Å². The second-order valence-corrected chi connectivity index (χ2v) is 4.48. The number of rotatable bonds is 9. The number of carbonyl (C=O) groups excluding carboxylic acids is 2. The fourth-order valence-corrected chi connectivity index (χ4v) is 1.77.